The molecule has 1 fully saturated rings. The molecule has 1 aliphatic heterocycles. The van der Waals surface area contributed by atoms with E-state index >= 15 is 0 Å². The molecule has 0 aromatic heterocycles. The van der Waals surface area contributed by atoms with E-state index in [1.54, 1.807) is 4.90 Å². The first-order valence-electron chi connectivity index (χ1n) is 7.61. The number of carbonyl (C=O) groups excluding carboxylic acids is 1. The first-order chi connectivity index (χ1) is 9.75. The average molecular weight is 300 g/mol. The number of carbonyl (C=O) groups is 2. The molecular weight excluding hydrogens is 272 g/mol. The van der Waals surface area contributed by atoms with Gasteiger partial charge in [0, 0.05) is 26.2 Å². The SMILES string of the molecule is CC1CC(C(=O)O)CN(C(=O)NCC(C)(C)CCCO)C1. The second-order valence-corrected chi connectivity index (χ2v) is 6.93. The van der Waals surface area contributed by atoms with Gasteiger partial charge in [0.05, 0.1) is 5.92 Å². The molecule has 0 aliphatic carbocycles. The van der Waals surface area contributed by atoms with Crippen LogP contribution in [0.3, 0.4) is 0 Å². The zero-order valence-corrected chi connectivity index (χ0v) is 13.3. The molecule has 2 amide bonds. The summed E-state index contributed by atoms with van der Waals surface area (Å²) < 4.78 is 0. The van der Waals surface area contributed by atoms with Crippen molar-refractivity contribution >= 4 is 12.0 Å². The Morgan fingerprint density at radius 1 is 1.33 bits per heavy atom. The molecule has 0 bridgehead atoms. The molecule has 1 heterocycles. The summed E-state index contributed by atoms with van der Waals surface area (Å²) in [7, 11) is 0. The molecule has 2 atom stereocenters. The van der Waals surface area contributed by atoms with Crippen LogP contribution in [0.4, 0.5) is 4.79 Å². The number of urea groups is 1. The van der Waals surface area contributed by atoms with Gasteiger partial charge in [0.25, 0.3) is 0 Å². The smallest absolute Gasteiger partial charge is 0.317 e. The maximum absolute atomic E-state index is 12.2. The summed E-state index contributed by atoms with van der Waals surface area (Å²) in [4.78, 5) is 24.9. The fraction of sp³-hybridized carbons (Fsp3) is 0.867. The maximum Gasteiger partial charge on any atom is 0.317 e. The quantitative estimate of drug-likeness (QED) is 0.694. The Labute approximate surface area is 126 Å². The highest BCUT2D eigenvalue weighted by Gasteiger charge is 2.32. The summed E-state index contributed by atoms with van der Waals surface area (Å²) in [5, 5.41) is 20.9. The number of likely N-dealkylation sites (tertiary alicyclic amines) is 1. The molecule has 122 valence electrons. The van der Waals surface area contributed by atoms with Crippen LogP contribution in [-0.4, -0.2) is 53.4 Å². The number of aliphatic carboxylic acids is 1. The van der Waals surface area contributed by atoms with E-state index in [4.69, 9.17) is 10.2 Å². The average Bonchev–Trinajstić information content (AvgIpc) is 2.42. The Hall–Kier alpha value is -1.30. The molecule has 1 rings (SSSR count). The van der Waals surface area contributed by atoms with E-state index in [0.29, 0.717) is 25.9 Å². The number of amides is 2. The van der Waals surface area contributed by atoms with Crippen LogP contribution in [0.25, 0.3) is 0 Å². The third kappa shape index (κ3) is 5.91. The van der Waals surface area contributed by atoms with Gasteiger partial charge in [-0.1, -0.05) is 20.8 Å². The fourth-order valence-electron chi connectivity index (χ4n) is 2.77. The van der Waals surface area contributed by atoms with E-state index in [-0.39, 0.29) is 30.5 Å². The van der Waals surface area contributed by atoms with Crippen LogP contribution in [-0.2, 0) is 4.79 Å². The minimum absolute atomic E-state index is 0.0774. The fourth-order valence-corrected chi connectivity index (χ4v) is 2.77. The van der Waals surface area contributed by atoms with Crippen molar-refractivity contribution in [3.8, 4) is 0 Å². The van der Waals surface area contributed by atoms with Gasteiger partial charge >= 0.3 is 12.0 Å². The van der Waals surface area contributed by atoms with Crippen LogP contribution in [0.1, 0.15) is 40.0 Å². The largest absolute Gasteiger partial charge is 0.481 e. The van der Waals surface area contributed by atoms with Gasteiger partial charge in [0.1, 0.15) is 0 Å². The normalized spacial score (nSPS) is 23.0. The number of aliphatic hydroxyl groups excluding tert-OH is 1. The second kappa shape index (κ2) is 7.64. The highest BCUT2D eigenvalue weighted by atomic mass is 16.4. The lowest BCUT2D eigenvalue weighted by molar-refractivity contribution is -0.143. The molecule has 2 unspecified atom stereocenters. The molecule has 1 saturated heterocycles. The lowest BCUT2D eigenvalue weighted by atomic mass is 9.88. The van der Waals surface area contributed by atoms with Crippen molar-refractivity contribution in [1.82, 2.24) is 10.2 Å². The molecule has 0 aromatic carbocycles. The van der Waals surface area contributed by atoms with Crippen molar-refractivity contribution in [2.75, 3.05) is 26.2 Å². The van der Waals surface area contributed by atoms with Crippen molar-refractivity contribution in [2.24, 2.45) is 17.3 Å². The number of nitrogens with one attached hydrogen (secondary N) is 1. The number of aliphatic hydroxyl groups is 1. The zero-order chi connectivity index (χ0) is 16.0. The Kier molecular flexibility index (Phi) is 6.45. The molecule has 0 saturated carbocycles. The van der Waals surface area contributed by atoms with Crippen molar-refractivity contribution in [3.63, 3.8) is 0 Å². The number of carboxylic acids is 1. The number of nitrogens with zero attached hydrogens (tertiary/aromatic N) is 1. The summed E-state index contributed by atoms with van der Waals surface area (Å²) in [6.07, 6.45) is 2.17. The third-order valence-corrected chi connectivity index (χ3v) is 4.03. The van der Waals surface area contributed by atoms with Gasteiger partial charge < -0.3 is 20.4 Å². The summed E-state index contributed by atoms with van der Waals surface area (Å²) >= 11 is 0. The maximum atomic E-state index is 12.2. The zero-order valence-electron chi connectivity index (χ0n) is 13.3. The van der Waals surface area contributed by atoms with E-state index < -0.39 is 11.9 Å². The van der Waals surface area contributed by atoms with Crippen molar-refractivity contribution in [2.45, 2.75) is 40.0 Å². The van der Waals surface area contributed by atoms with E-state index in [0.717, 1.165) is 6.42 Å². The van der Waals surface area contributed by atoms with E-state index in [1.807, 2.05) is 20.8 Å². The second-order valence-electron chi connectivity index (χ2n) is 6.93. The Bertz CT molecular complexity index is 371. The van der Waals surface area contributed by atoms with Gasteiger partial charge in [-0.25, -0.2) is 4.79 Å². The highest BCUT2D eigenvalue weighted by Crippen LogP contribution is 2.23. The van der Waals surface area contributed by atoms with Crippen molar-refractivity contribution < 1.29 is 19.8 Å². The Morgan fingerprint density at radius 3 is 2.57 bits per heavy atom. The Balaban J connectivity index is 2.49. The third-order valence-electron chi connectivity index (χ3n) is 4.03. The molecule has 6 nitrogen and oxygen atoms in total. The molecule has 3 N–H and O–H groups in total. The predicted octanol–water partition coefficient (Wildman–Crippen LogP) is 1.54. The van der Waals surface area contributed by atoms with E-state index in [9.17, 15) is 9.59 Å². The van der Waals surface area contributed by atoms with Crippen LogP contribution in [0.15, 0.2) is 0 Å². The molecule has 6 heteroatoms. The van der Waals surface area contributed by atoms with Crippen LogP contribution < -0.4 is 5.32 Å². The summed E-state index contributed by atoms with van der Waals surface area (Å²) in [6, 6.07) is -0.190. The lowest BCUT2D eigenvalue weighted by Crippen LogP contribution is -2.50. The van der Waals surface area contributed by atoms with Gasteiger partial charge in [-0.15, -0.1) is 0 Å². The molecule has 1 aliphatic rings. The predicted molar refractivity (Wildman–Crippen MR) is 80.0 cm³/mol. The van der Waals surface area contributed by atoms with Crippen LogP contribution in [0.2, 0.25) is 0 Å². The highest BCUT2D eigenvalue weighted by molar-refractivity contribution is 5.76. The molecule has 0 radical (unpaired) electrons. The van der Waals surface area contributed by atoms with Crippen LogP contribution in [0, 0.1) is 17.3 Å². The van der Waals surface area contributed by atoms with Gasteiger partial charge in [0.15, 0.2) is 0 Å². The number of carboxylic acid groups (broad SMARTS) is 1. The number of piperidine rings is 1. The van der Waals surface area contributed by atoms with Crippen molar-refractivity contribution in [1.29, 1.82) is 0 Å². The lowest BCUT2D eigenvalue weighted by Gasteiger charge is -2.35. The first kappa shape index (κ1) is 17.8. The minimum atomic E-state index is -0.831. The number of rotatable bonds is 6. The minimum Gasteiger partial charge on any atom is -0.481 e. The summed E-state index contributed by atoms with van der Waals surface area (Å²) in [6.45, 7) is 7.62. The molecule has 0 aromatic rings. The monoisotopic (exact) mass is 300 g/mol. The van der Waals surface area contributed by atoms with E-state index in [2.05, 4.69) is 5.32 Å². The van der Waals surface area contributed by atoms with Crippen LogP contribution in [0.5, 0.6) is 0 Å². The van der Waals surface area contributed by atoms with Crippen molar-refractivity contribution in [3.05, 3.63) is 0 Å². The van der Waals surface area contributed by atoms with Gasteiger partial charge in [-0.3, -0.25) is 4.79 Å². The van der Waals surface area contributed by atoms with Gasteiger partial charge in [-0.05, 0) is 30.6 Å². The topological polar surface area (TPSA) is 89.9 Å². The van der Waals surface area contributed by atoms with E-state index in [1.165, 1.54) is 0 Å². The molecule has 0 spiro atoms. The first-order valence-corrected chi connectivity index (χ1v) is 7.61. The Morgan fingerprint density at radius 2 is 2.00 bits per heavy atom. The van der Waals surface area contributed by atoms with Crippen LogP contribution >= 0.6 is 0 Å². The standard InChI is InChI=1S/C15H28N2O4/c1-11-7-12(13(19)20)9-17(8-11)14(21)16-10-15(2,3)5-4-6-18/h11-12,18H,4-10H2,1-3H3,(H,16,21)(H,19,20). The summed E-state index contributed by atoms with van der Waals surface area (Å²) in [5.41, 5.74) is -0.0774. The number of hydrogen-bond donors (Lipinski definition) is 3. The molecular formula is C15H28N2O4. The van der Waals surface area contributed by atoms with Gasteiger partial charge in [0.2, 0.25) is 0 Å². The molecule has 21 heavy (non-hydrogen) atoms. The summed E-state index contributed by atoms with van der Waals surface area (Å²) in [5.74, 6) is -1.10. The van der Waals surface area contributed by atoms with Gasteiger partial charge in [-0.2, -0.15) is 0 Å². The number of hydrogen-bond acceptors (Lipinski definition) is 3.